The van der Waals surface area contributed by atoms with Crippen LogP contribution < -0.4 is 5.32 Å². The van der Waals surface area contributed by atoms with Crippen molar-refractivity contribution < 1.29 is 14.0 Å². The molecule has 4 aliphatic carbocycles. The van der Waals surface area contributed by atoms with Crippen LogP contribution in [0.3, 0.4) is 0 Å². The SMILES string of the molecule is O=C(NCc1ccc(F)cc1)c1nnc(CN2CCN(C(=O)C34CC5CC(CC(C5)C3)C4)CC2)s1. The third kappa shape index (κ3) is 4.72. The number of piperazine rings is 1. The molecule has 0 atom stereocenters. The molecule has 186 valence electrons. The maximum atomic E-state index is 13.6. The van der Waals surface area contributed by atoms with E-state index in [-0.39, 0.29) is 17.1 Å². The zero-order valence-corrected chi connectivity index (χ0v) is 20.7. The quantitative estimate of drug-likeness (QED) is 0.661. The van der Waals surface area contributed by atoms with Crippen LogP contribution in [0.25, 0.3) is 0 Å². The van der Waals surface area contributed by atoms with Crippen LogP contribution in [-0.2, 0) is 17.9 Å². The van der Waals surface area contributed by atoms with Gasteiger partial charge in [0.1, 0.15) is 10.8 Å². The number of nitrogens with one attached hydrogen (secondary N) is 1. The third-order valence-corrected chi connectivity index (χ3v) is 9.44. The molecule has 1 aromatic carbocycles. The van der Waals surface area contributed by atoms with Gasteiger partial charge < -0.3 is 10.2 Å². The van der Waals surface area contributed by atoms with Gasteiger partial charge in [-0.25, -0.2) is 4.39 Å². The van der Waals surface area contributed by atoms with Crippen molar-refractivity contribution in [1.29, 1.82) is 0 Å². The highest BCUT2D eigenvalue weighted by Gasteiger charge is 2.55. The van der Waals surface area contributed by atoms with Gasteiger partial charge in [-0.2, -0.15) is 0 Å². The van der Waals surface area contributed by atoms with Crippen LogP contribution in [0, 0.1) is 29.0 Å². The Morgan fingerprint density at radius 2 is 1.60 bits per heavy atom. The number of hydrogen-bond donors (Lipinski definition) is 1. The van der Waals surface area contributed by atoms with Gasteiger partial charge in [0.25, 0.3) is 5.91 Å². The Kier molecular flexibility index (Phi) is 6.08. The predicted molar refractivity (Wildman–Crippen MR) is 130 cm³/mol. The fourth-order valence-corrected chi connectivity index (χ4v) is 8.08. The normalized spacial score (nSPS) is 30.0. The molecule has 5 aliphatic rings. The summed E-state index contributed by atoms with van der Waals surface area (Å²) in [6.07, 6.45) is 7.43. The smallest absolute Gasteiger partial charge is 0.282 e. The summed E-state index contributed by atoms with van der Waals surface area (Å²) in [6, 6.07) is 6.05. The molecule has 4 bridgehead atoms. The predicted octanol–water partition coefficient (Wildman–Crippen LogP) is 3.47. The second-order valence-electron chi connectivity index (χ2n) is 11.1. The number of amides is 2. The van der Waals surface area contributed by atoms with E-state index in [9.17, 15) is 14.0 Å². The molecule has 7 nitrogen and oxygen atoms in total. The lowest BCUT2D eigenvalue weighted by molar-refractivity contribution is -0.159. The maximum Gasteiger partial charge on any atom is 0.282 e. The summed E-state index contributed by atoms with van der Waals surface area (Å²) in [5.41, 5.74) is 0.761. The average molecular weight is 498 g/mol. The first kappa shape index (κ1) is 23.0. The minimum atomic E-state index is -0.299. The number of nitrogens with zero attached hydrogens (tertiary/aromatic N) is 4. The molecule has 4 saturated carbocycles. The summed E-state index contributed by atoms with van der Waals surface area (Å²) in [5, 5.41) is 12.2. The first-order valence-electron chi connectivity index (χ1n) is 12.8. The van der Waals surface area contributed by atoms with E-state index in [1.54, 1.807) is 12.1 Å². The molecule has 2 heterocycles. The Morgan fingerprint density at radius 1 is 0.971 bits per heavy atom. The number of carbonyl (C=O) groups excluding carboxylic acids is 2. The van der Waals surface area contributed by atoms with E-state index >= 15 is 0 Å². The van der Waals surface area contributed by atoms with Crippen LogP contribution >= 0.6 is 11.3 Å². The molecule has 0 spiro atoms. The van der Waals surface area contributed by atoms with Crippen LogP contribution in [0.5, 0.6) is 0 Å². The van der Waals surface area contributed by atoms with Crippen LogP contribution in [0.1, 0.15) is 58.9 Å². The van der Waals surface area contributed by atoms with E-state index < -0.39 is 0 Å². The Labute approximate surface area is 209 Å². The van der Waals surface area contributed by atoms with Gasteiger partial charge in [0.15, 0.2) is 0 Å². The summed E-state index contributed by atoms with van der Waals surface area (Å²) in [6.45, 7) is 4.14. The Bertz CT molecular complexity index is 1060. The van der Waals surface area contributed by atoms with E-state index in [0.29, 0.717) is 24.0 Å². The van der Waals surface area contributed by atoms with Crippen LogP contribution in [0.2, 0.25) is 0 Å². The van der Waals surface area contributed by atoms with Gasteiger partial charge in [-0.3, -0.25) is 14.5 Å². The number of aromatic nitrogens is 2. The van der Waals surface area contributed by atoms with Crippen LogP contribution in [0.4, 0.5) is 4.39 Å². The summed E-state index contributed by atoms with van der Waals surface area (Å²) in [4.78, 5) is 30.5. The zero-order valence-electron chi connectivity index (χ0n) is 19.9. The largest absolute Gasteiger partial charge is 0.346 e. The van der Waals surface area contributed by atoms with E-state index in [4.69, 9.17) is 0 Å². The van der Waals surface area contributed by atoms with Crippen molar-refractivity contribution in [2.24, 2.45) is 23.2 Å². The maximum absolute atomic E-state index is 13.6. The zero-order chi connectivity index (χ0) is 24.0. The van der Waals surface area contributed by atoms with Crippen LogP contribution in [-0.4, -0.2) is 58.0 Å². The fraction of sp³-hybridized carbons (Fsp3) is 0.615. The molecule has 1 N–H and O–H groups in total. The molecule has 7 rings (SSSR count). The number of benzene rings is 1. The molecule has 9 heteroatoms. The van der Waals surface area contributed by atoms with Crippen molar-refractivity contribution >= 4 is 23.2 Å². The highest BCUT2D eigenvalue weighted by Crippen LogP contribution is 2.60. The third-order valence-electron chi connectivity index (χ3n) is 8.54. The topological polar surface area (TPSA) is 78.4 Å². The van der Waals surface area contributed by atoms with Gasteiger partial charge in [0, 0.05) is 32.7 Å². The summed E-state index contributed by atoms with van der Waals surface area (Å²) >= 11 is 1.30. The van der Waals surface area contributed by atoms with Crippen molar-refractivity contribution in [1.82, 2.24) is 25.3 Å². The first-order chi connectivity index (χ1) is 17.0. The molecule has 5 fully saturated rings. The number of carbonyl (C=O) groups is 2. The minimum absolute atomic E-state index is 0.0632. The summed E-state index contributed by atoms with van der Waals surface area (Å²) in [5.74, 6) is 2.20. The molecule has 1 aliphatic heterocycles. The highest BCUT2D eigenvalue weighted by molar-refractivity contribution is 7.13. The average Bonchev–Trinajstić information content (AvgIpc) is 3.31. The standard InChI is InChI=1S/C26H32FN5O2S/c27-21-3-1-17(2-4-21)15-28-23(33)24-30-29-22(35-24)16-31-5-7-32(8-6-31)25(34)26-12-18-9-19(13-26)11-20(10-18)14-26/h1-4,18-20H,5-16H2,(H,28,33). The molecule has 2 amide bonds. The van der Waals surface area contributed by atoms with Crippen molar-refractivity contribution in [3.8, 4) is 0 Å². The molecule has 0 radical (unpaired) electrons. The van der Waals surface area contributed by atoms with E-state index in [1.165, 1.54) is 42.7 Å². The molecular weight excluding hydrogens is 465 g/mol. The van der Waals surface area contributed by atoms with Crippen molar-refractivity contribution in [2.75, 3.05) is 26.2 Å². The van der Waals surface area contributed by atoms with Crippen molar-refractivity contribution in [3.05, 3.63) is 45.7 Å². The monoisotopic (exact) mass is 497 g/mol. The number of hydrogen-bond acceptors (Lipinski definition) is 6. The van der Waals surface area contributed by atoms with Crippen molar-refractivity contribution in [3.63, 3.8) is 0 Å². The fourth-order valence-electron chi connectivity index (χ4n) is 7.28. The molecule has 0 unspecified atom stereocenters. The minimum Gasteiger partial charge on any atom is -0.346 e. The molecular formula is C26H32FN5O2S. The van der Waals surface area contributed by atoms with Crippen molar-refractivity contribution in [2.45, 2.75) is 51.6 Å². The molecule has 1 aromatic heterocycles. The second-order valence-corrected chi connectivity index (χ2v) is 12.1. The molecule has 1 saturated heterocycles. The molecule has 2 aromatic rings. The van der Waals surface area contributed by atoms with Gasteiger partial charge >= 0.3 is 0 Å². The van der Waals surface area contributed by atoms with Crippen LogP contribution in [0.15, 0.2) is 24.3 Å². The van der Waals surface area contributed by atoms with Gasteiger partial charge in [-0.1, -0.05) is 23.5 Å². The van der Waals surface area contributed by atoms with Gasteiger partial charge in [-0.15, -0.1) is 10.2 Å². The Balaban J connectivity index is 0.992. The lowest BCUT2D eigenvalue weighted by Gasteiger charge is -2.57. The first-order valence-corrected chi connectivity index (χ1v) is 13.6. The summed E-state index contributed by atoms with van der Waals surface area (Å²) < 4.78 is 13.0. The Hall–Kier alpha value is -2.39. The summed E-state index contributed by atoms with van der Waals surface area (Å²) in [7, 11) is 0. The highest BCUT2D eigenvalue weighted by atomic mass is 32.1. The number of halogens is 1. The molecule has 35 heavy (non-hydrogen) atoms. The lowest BCUT2D eigenvalue weighted by atomic mass is 9.49. The lowest BCUT2D eigenvalue weighted by Crippen LogP contribution is -2.58. The van der Waals surface area contributed by atoms with E-state index in [2.05, 4.69) is 25.3 Å². The number of rotatable bonds is 6. The van der Waals surface area contributed by atoms with Gasteiger partial charge in [-0.05, 0) is 74.0 Å². The Morgan fingerprint density at radius 3 is 2.23 bits per heavy atom. The second kappa shape index (κ2) is 9.24. The van der Waals surface area contributed by atoms with Gasteiger partial charge in [0.2, 0.25) is 10.9 Å². The van der Waals surface area contributed by atoms with E-state index in [1.807, 2.05) is 0 Å². The van der Waals surface area contributed by atoms with Gasteiger partial charge in [0.05, 0.1) is 12.0 Å². The van der Waals surface area contributed by atoms with E-state index in [0.717, 1.165) is 73.8 Å².